The Morgan fingerprint density at radius 3 is 2.77 bits per heavy atom. The Hall–Kier alpha value is -0.570. The summed E-state index contributed by atoms with van der Waals surface area (Å²) in [6.07, 6.45) is 3.02. The van der Waals surface area contributed by atoms with Gasteiger partial charge in [0.2, 0.25) is 0 Å². The molecule has 3 heteroatoms. The lowest BCUT2D eigenvalue weighted by atomic mass is 9.84. The Labute approximate surface area is 79.5 Å². The third-order valence-corrected chi connectivity index (χ3v) is 2.92. The van der Waals surface area contributed by atoms with E-state index in [1.54, 1.807) is 13.8 Å². The minimum absolute atomic E-state index is 0.553. The normalized spacial score (nSPS) is 23.4. The summed E-state index contributed by atoms with van der Waals surface area (Å²) in [5, 5.41) is 12.2. The third kappa shape index (κ3) is 2.99. The SMILES string of the molecule is CC(C)(CCC1CCNC1)C(=O)O. The summed E-state index contributed by atoms with van der Waals surface area (Å²) in [6.45, 7) is 5.77. The van der Waals surface area contributed by atoms with E-state index in [2.05, 4.69) is 5.32 Å². The highest BCUT2D eigenvalue weighted by Gasteiger charge is 2.28. The van der Waals surface area contributed by atoms with Gasteiger partial charge in [-0.05, 0) is 52.1 Å². The second kappa shape index (κ2) is 4.09. The minimum atomic E-state index is -0.682. The van der Waals surface area contributed by atoms with Gasteiger partial charge in [-0.15, -0.1) is 0 Å². The molecular formula is C10H19NO2. The average Bonchev–Trinajstić information content (AvgIpc) is 2.52. The number of hydrogen-bond acceptors (Lipinski definition) is 2. The van der Waals surface area contributed by atoms with Crippen molar-refractivity contribution in [2.45, 2.75) is 33.1 Å². The fourth-order valence-corrected chi connectivity index (χ4v) is 1.63. The zero-order valence-electron chi connectivity index (χ0n) is 8.47. The summed E-state index contributed by atoms with van der Waals surface area (Å²) in [5.74, 6) is 0.0112. The molecule has 3 nitrogen and oxygen atoms in total. The van der Waals surface area contributed by atoms with Gasteiger partial charge in [-0.3, -0.25) is 4.79 Å². The summed E-state index contributed by atoms with van der Waals surface area (Å²) >= 11 is 0. The molecule has 0 aliphatic carbocycles. The Morgan fingerprint density at radius 1 is 1.62 bits per heavy atom. The Kier molecular flexibility index (Phi) is 3.31. The number of carbonyl (C=O) groups is 1. The van der Waals surface area contributed by atoms with E-state index in [0.29, 0.717) is 5.92 Å². The standard InChI is InChI=1S/C10H19NO2/c1-10(2,9(12)13)5-3-8-4-6-11-7-8/h8,11H,3-7H2,1-2H3,(H,12,13). The van der Waals surface area contributed by atoms with Crippen molar-refractivity contribution in [3.05, 3.63) is 0 Å². The molecule has 0 aromatic carbocycles. The van der Waals surface area contributed by atoms with Gasteiger partial charge in [-0.1, -0.05) is 0 Å². The molecule has 1 heterocycles. The predicted octanol–water partition coefficient (Wildman–Crippen LogP) is 1.49. The highest BCUT2D eigenvalue weighted by atomic mass is 16.4. The van der Waals surface area contributed by atoms with E-state index in [-0.39, 0.29) is 0 Å². The Morgan fingerprint density at radius 2 is 2.31 bits per heavy atom. The van der Waals surface area contributed by atoms with Crippen LogP contribution in [0.1, 0.15) is 33.1 Å². The minimum Gasteiger partial charge on any atom is -0.481 e. The quantitative estimate of drug-likeness (QED) is 0.697. The fraction of sp³-hybridized carbons (Fsp3) is 0.900. The van der Waals surface area contributed by atoms with E-state index in [9.17, 15) is 4.79 Å². The Balaban J connectivity index is 2.28. The number of aliphatic carboxylic acids is 1. The first kappa shape index (κ1) is 10.5. The average molecular weight is 185 g/mol. The van der Waals surface area contributed by atoms with Crippen molar-refractivity contribution in [3.63, 3.8) is 0 Å². The lowest BCUT2D eigenvalue weighted by molar-refractivity contribution is -0.147. The Bertz CT molecular complexity index is 183. The van der Waals surface area contributed by atoms with Gasteiger partial charge in [0.1, 0.15) is 0 Å². The molecular weight excluding hydrogens is 166 g/mol. The molecule has 0 spiro atoms. The lowest BCUT2D eigenvalue weighted by Crippen LogP contribution is -2.24. The van der Waals surface area contributed by atoms with E-state index in [1.807, 2.05) is 0 Å². The summed E-state index contributed by atoms with van der Waals surface area (Å²) < 4.78 is 0. The first-order valence-electron chi connectivity index (χ1n) is 4.96. The maximum Gasteiger partial charge on any atom is 0.309 e. The van der Waals surface area contributed by atoms with E-state index in [0.717, 1.165) is 25.9 Å². The van der Waals surface area contributed by atoms with Crippen LogP contribution < -0.4 is 5.32 Å². The monoisotopic (exact) mass is 185 g/mol. The van der Waals surface area contributed by atoms with Crippen LogP contribution in [0.25, 0.3) is 0 Å². The molecule has 1 rings (SSSR count). The van der Waals surface area contributed by atoms with Gasteiger partial charge in [0.05, 0.1) is 5.41 Å². The molecule has 0 bridgehead atoms. The number of carboxylic acids is 1. The molecule has 0 aromatic rings. The summed E-state index contributed by atoms with van der Waals surface area (Å²) in [6, 6.07) is 0. The molecule has 13 heavy (non-hydrogen) atoms. The molecule has 1 aliphatic rings. The highest BCUT2D eigenvalue weighted by Crippen LogP contribution is 2.26. The van der Waals surface area contributed by atoms with Crippen LogP contribution in [-0.2, 0) is 4.79 Å². The van der Waals surface area contributed by atoms with Crippen molar-refractivity contribution in [3.8, 4) is 0 Å². The van der Waals surface area contributed by atoms with E-state index < -0.39 is 11.4 Å². The second-order valence-corrected chi connectivity index (χ2v) is 4.59. The molecule has 0 saturated carbocycles. The van der Waals surface area contributed by atoms with Crippen LogP contribution in [0, 0.1) is 11.3 Å². The number of hydrogen-bond donors (Lipinski definition) is 2. The van der Waals surface area contributed by atoms with Crippen LogP contribution >= 0.6 is 0 Å². The second-order valence-electron chi connectivity index (χ2n) is 4.59. The van der Waals surface area contributed by atoms with E-state index in [1.165, 1.54) is 6.42 Å². The summed E-state index contributed by atoms with van der Waals surface area (Å²) in [7, 11) is 0. The van der Waals surface area contributed by atoms with Crippen LogP contribution in [-0.4, -0.2) is 24.2 Å². The van der Waals surface area contributed by atoms with Crippen molar-refractivity contribution in [2.24, 2.45) is 11.3 Å². The van der Waals surface area contributed by atoms with Gasteiger partial charge in [0.15, 0.2) is 0 Å². The van der Waals surface area contributed by atoms with Crippen LogP contribution in [0.2, 0.25) is 0 Å². The highest BCUT2D eigenvalue weighted by molar-refractivity contribution is 5.73. The van der Waals surface area contributed by atoms with Gasteiger partial charge in [0.25, 0.3) is 0 Å². The number of carboxylic acid groups (broad SMARTS) is 1. The topological polar surface area (TPSA) is 49.3 Å². The lowest BCUT2D eigenvalue weighted by Gasteiger charge is -2.20. The summed E-state index contributed by atoms with van der Waals surface area (Å²) in [5.41, 5.74) is -0.553. The van der Waals surface area contributed by atoms with Gasteiger partial charge in [-0.2, -0.15) is 0 Å². The molecule has 1 unspecified atom stereocenters. The van der Waals surface area contributed by atoms with Crippen LogP contribution in [0.15, 0.2) is 0 Å². The van der Waals surface area contributed by atoms with Crippen molar-refractivity contribution in [1.29, 1.82) is 0 Å². The molecule has 1 saturated heterocycles. The molecule has 0 radical (unpaired) electrons. The van der Waals surface area contributed by atoms with Crippen LogP contribution in [0.4, 0.5) is 0 Å². The number of rotatable bonds is 4. The van der Waals surface area contributed by atoms with Gasteiger partial charge < -0.3 is 10.4 Å². The smallest absolute Gasteiger partial charge is 0.309 e. The van der Waals surface area contributed by atoms with Crippen molar-refractivity contribution < 1.29 is 9.90 Å². The van der Waals surface area contributed by atoms with Crippen LogP contribution in [0.3, 0.4) is 0 Å². The van der Waals surface area contributed by atoms with E-state index >= 15 is 0 Å². The molecule has 1 fully saturated rings. The van der Waals surface area contributed by atoms with E-state index in [4.69, 9.17) is 5.11 Å². The zero-order valence-corrected chi connectivity index (χ0v) is 8.47. The first-order valence-corrected chi connectivity index (χ1v) is 4.96. The van der Waals surface area contributed by atoms with Crippen molar-refractivity contribution in [2.75, 3.05) is 13.1 Å². The maximum absolute atomic E-state index is 10.8. The molecule has 76 valence electrons. The van der Waals surface area contributed by atoms with Crippen LogP contribution in [0.5, 0.6) is 0 Å². The summed E-state index contributed by atoms with van der Waals surface area (Å²) in [4.78, 5) is 10.8. The molecule has 0 aromatic heterocycles. The largest absolute Gasteiger partial charge is 0.481 e. The van der Waals surface area contributed by atoms with Crippen molar-refractivity contribution >= 4 is 5.97 Å². The third-order valence-electron chi connectivity index (χ3n) is 2.92. The van der Waals surface area contributed by atoms with Crippen molar-refractivity contribution in [1.82, 2.24) is 5.32 Å². The predicted molar refractivity (Wildman–Crippen MR) is 51.6 cm³/mol. The first-order chi connectivity index (χ1) is 6.02. The maximum atomic E-state index is 10.8. The van der Waals surface area contributed by atoms with Gasteiger partial charge >= 0.3 is 5.97 Å². The molecule has 1 aliphatic heterocycles. The number of nitrogens with one attached hydrogen (secondary N) is 1. The fourth-order valence-electron chi connectivity index (χ4n) is 1.63. The molecule has 1 atom stereocenters. The van der Waals surface area contributed by atoms with Gasteiger partial charge in [0, 0.05) is 0 Å². The molecule has 2 N–H and O–H groups in total. The zero-order chi connectivity index (χ0) is 9.90. The van der Waals surface area contributed by atoms with Gasteiger partial charge in [-0.25, -0.2) is 0 Å². The molecule has 0 amide bonds.